The van der Waals surface area contributed by atoms with E-state index in [1.165, 1.54) is 37.3 Å². The molecule has 3 atom stereocenters. The van der Waals surface area contributed by atoms with Gasteiger partial charge in [0.25, 0.3) is 0 Å². The maximum absolute atomic E-state index is 14.7. The zero-order chi connectivity index (χ0) is 26.1. The molecule has 2 unspecified atom stereocenters. The fourth-order valence-electron chi connectivity index (χ4n) is 3.99. The van der Waals surface area contributed by atoms with E-state index in [0.717, 1.165) is 11.6 Å². The second-order valence-corrected chi connectivity index (χ2v) is 8.79. The number of aliphatic carboxylic acids is 1. The normalized spacial score (nSPS) is 18.1. The van der Waals surface area contributed by atoms with Gasteiger partial charge in [-0.05, 0) is 25.3 Å². The van der Waals surface area contributed by atoms with Gasteiger partial charge in [-0.25, -0.2) is 9.59 Å². The van der Waals surface area contributed by atoms with Gasteiger partial charge in [0.15, 0.2) is 6.10 Å². The van der Waals surface area contributed by atoms with Gasteiger partial charge < -0.3 is 24.7 Å². The van der Waals surface area contributed by atoms with Crippen molar-refractivity contribution in [1.29, 1.82) is 0 Å². The first-order valence-corrected chi connectivity index (χ1v) is 11.9. The number of hydrogen-bond acceptors (Lipinski definition) is 4. The average Bonchev–Trinajstić information content (AvgIpc) is 3.17. The van der Waals surface area contributed by atoms with Crippen LogP contribution in [0, 0.1) is 0 Å². The van der Waals surface area contributed by atoms with E-state index in [9.17, 15) is 23.5 Å². The van der Waals surface area contributed by atoms with Gasteiger partial charge in [-0.15, -0.1) is 0 Å². The van der Waals surface area contributed by atoms with Crippen LogP contribution < -0.4 is 0 Å². The molecule has 3 rings (SSSR count). The summed E-state index contributed by atoms with van der Waals surface area (Å²) in [7, 11) is 0. The molecule has 194 valence electrons. The van der Waals surface area contributed by atoms with Gasteiger partial charge in [0, 0.05) is 31.8 Å². The monoisotopic (exact) mass is 502 g/mol. The Morgan fingerprint density at radius 2 is 1.78 bits per heavy atom. The number of halogens is 2. The maximum atomic E-state index is 14.7. The maximum Gasteiger partial charge on any atom is 0.332 e. The molecule has 0 saturated carbocycles. The summed E-state index contributed by atoms with van der Waals surface area (Å²) in [5.74, 6) is -4.52. The van der Waals surface area contributed by atoms with E-state index in [-0.39, 0.29) is 18.2 Å². The highest BCUT2D eigenvalue weighted by Crippen LogP contribution is 2.32. The lowest BCUT2D eigenvalue weighted by Gasteiger charge is -2.23. The molecule has 0 spiro atoms. The van der Waals surface area contributed by atoms with E-state index in [1.54, 1.807) is 15.9 Å². The number of carboxylic acid groups (broad SMARTS) is 1. The Hall–Kier alpha value is -3.30. The van der Waals surface area contributed by atoms with Gasteiger partial charge in [0.2, 0.25) is 0 Å². The molecule has 0 radical (unpaired) electrons. The number of alkyl halides is 2. The molecule has 9 heteroatoms. The molecule has 2 aromatic rings. The molecule has 1 saturated heterocycles. The number of urea groups is 1. The Morgan fingerprint density at radius 1 is 1.14 bits per heavy atom. The predicted octanol–water partition coefficient (Wildman–Crippen LogP) is 4.27. The fourth-order valence-corrected chi connectivity index (χ4v) is 3.99. The highest BCUT2D eigenvalue weighted by atomic mass is 19.3. The number of carbonyl (C=O) groups is 2. The van der Waals surface area contributed by atoms with Crippen LogP contribution in [0.4, 0.5) is 13.6 Å². The third kappa shape index (κ3) is 7.11. The Labute approximate surface area is 209 Å². The molecule has 1 aliphatic rings. The van der Waals surface area contributed by atoms with E-state index < -0.39 is 30.1 Å². The molecule has 0 aromatic heterocycles. The van der Waals surface area contributed by atoms with Gasteiger partial charge in [-0.1, -0.05) is 72.8 Å². The fraction of sp³-hybridized carbons (Fsp3) is 0.407. The van der Waals surface area contributed by atoms with Gasteiger partial charge >= 0.3 is 17.9 Å². The summed E-state index contributed by atoms with van der Waals surface area (Å²) in [5, 5.41) is 19.2. The largest absolute Gasteiger partial charge is 0.479 e. The molecule has 0 aliphatic carbocycles. The van der Waals surface area contributed by atoms with E-state index in [0.29, 0.717) is 32.5 Å². The molecule has 2 amide bonds. The van der Waals surface area contributed by atoms with Crippen molar-refractivity contribution in [3.05, 3.63) is 83.9 Å². The predicted molar refractivity (Wildman–Crippen MR) is 131 cm³/mol. The number of amides is 2. The standard InChI is InChI=1S/C27H32F2N2O5/c1-20(25(33)34)36-17-9-8-16-31-23(19-30(26(31)35)18-21-10-4-2-5-11-21)14-15-24(32)27(28,29)22-12-6-3-7-13-22/h2-7,10-15,20,23-24,32H,8-9,16-19H2,1H3,(H,33,34)/b15-14+/t20?,23-,24?/m0/s1. The summed E-state index contributed by atoms with van der Waals surface area (Å²) in [6, 6.07) is 15.9. The molecule has 2 aromatic carbocycles. The van der Waals surface area contributed by atoms with Crippen LogP contribution >= 0.6 is 0 Å². The van der Waals surface area contributed by atoms with Crippen LogP contribution in [-0.4, -0.2) is 70.0 Å². The van der Waals surface area contributed by atoms with Crippen molar-refractivity contribution in [2.45, 2.75) is 50.5 Å². The number of hydrogen-bond donors (Lipinski definition) is 2. The first-order valence-electron chi connectivity index (χ1n) is 11.9. The van der Waals surface area contributed by atoms with Crippen LogP contribution in [0.15, 0.2) is 72.8 Å². The van der Waals surface area contributed by atoms with Crippen LogP contribution in [0.1, 0.15) is 30.9 Å². The zero-order valence-corrected chi connectivity index (χ0v) is 20.2. The zero-order valence-electron chi connectivity index (χ0n) is 20.2. The minimum atomic E-state index is -3.48. The molecule has 1 heterocycles. The van der Waals surface area contributed by atoms with Crippen LogP contribution in [0.2, 0.25) is 0 Å². The number of ether oxygens (including phenoxy) is 1. The summed E-state index contributed by atoms with van der Waals surface area (Å²) in [6.07, 6.45) is 0.638. The number of unbranched alkanes of at least 4 members (excludes halogenated alkanes) is 1. The van der Waals surface area contributed by atoms with E-state index in [2.05, 4.69) is 0 Å². The first-order chi connectivity index (χ1) is 17.2. The van der Waals surface area contributed by atoms with Gasteiger partial charge in [0.1, 0.15) is 6.10 Å². The second-order valence-electron chi connectivity index (χ2n) is 8.79. The van der Waals surface area contributed by atoms with Crippen molar-refractivity contribution in [2.75, 3.05) is 19.7 Å². The van der Waals surface area contributed by atoms with Crippen molar-refractivity contribution in [2.24, 2.45) is 0 Å². The summed E-state index contributed by atoms with van der Waals surface area (Å²) in [5.41, 5.74) is 0.657. The number of aliphatic hydroxyl groups is 1. The summed E-state index contributed by atoms with van der Waals surface area (Å²) < 4.78 is 34.7. The average molecular weight is 503 g/mol. The minimum Gasteiger partial charge on any atom is -0.479 e. The molecular formula is C27H32F2N2O5. The van der Waals surface area contributed by atoms with Crippen molar-refractivity contribution in [3.63, 3.8) is 0 Å². The van der Waals surface area contributed by atoms with Crippen molar-refractivity contribution in [3.8, 4) is 0 Å². The molecule has 36 heavy (non-hydrogen) atoms. The Bertz CT molecular complexity index is 1020. The quantitative estimate of drug-likeness (QED) is 0.315. The SMILES string of the molecule is CC(OCCCCN1C(=O)N(Cc2ccccc2)C[C@@H]1/C=C/C(O)C(F)(F)c1ccccc1)C(=O)O. The van der Waals surface area contributed by atoms with Gasteiger partial charge in [-0.2, -0.15) is 8.78 Å². The van der Waals surface area contributed by atoms with Crippen LogP contribution in [0.25, 0.3) is 0 Å². The lowest BCUT2D eigenvalue weighted by atomic mass is 10.0. The first kappa shape index (κ1) is 27.3. The molecular weight excluding hydrogens is 470 g/mol. The van der Waals surface area contributed by atoms with Crippen LogP contribution in [-0.2, 0) is 22.0 Å². The highest BCUT2D eigenvalue weighted by Gasteiger charge is 2.40. The van der Waals surface area contributed by atoms with Crippen LogP contribution in [0.3, 0.4) is 0 Å². The van der Waals surface area contributed by atoms with Crippen LogP contribution in [0.5, 0.6) is 0 Å². The number of aliphatic hydroxyl groups excluding tert-OH is 1. The van der Waals surface area contributed by atoms with Crippen molar-refractivity contribution >= 4 is 12.0 Å². The molecule has 0 bridgehead atoms. The number of carboxylic acids is 1. The Balaban J connectivity index is 1.67. The summed E-state index contributed by atoms with van der Waals surface area (Å²) in [4.78, 5) is 27.2. The van der Waals surface area contributed by atoms with Gasteiger partial charge in [0.05, 0.1) is 6.04 Å². The highest BCUT2D eigenvalue weighted by molar-refractivity contribution is 5.77. The summed E-state index contributed by atoms with van der Waals surface area (Å²) >= 11 is 0. The Kier molecular flexibility index (Phi) is 9.55. The third-order valence-corrected chi connectivity index (χ3v) is 6.09. The second kappa shape index (κ2) is 12.6. The lowest BCUT2D eigenvalue weighted by Crippen LogP contribution is -2.35. The number of rotatable bonds is 13. The minimum absolute atomic E-state index is 0.224. The van der Waals surface area contributed by atoms with E-state index in [4.69, 9.17) is 9.84 Å². The number of nitrogens with zero attached hydrogens (tertiary/aromatic N) is 2. The third-order valence-electron chi connectivity index (χ3n) is 6.09. The molecule has 7 nitrogen and oxygen atoms in total. The smallest absolute Gasteiger partial charge is 0.332 e. The molecule has 1 aliphatic heterocycles. The molecule has 2 N–H and O–H groups in total. The topological polar surface area (TPSA) is 90.3 Å². The van der Waals surface area contributed by atoms with Crippen molar-refractivity contribution in [1.82, 2.24) is 9.80 Å². The van der Waals surface area contributed by atoms with E-state index in [1.807, 2.05) is 30.3 Å². The summed E-state index contributed by atoms with van der Waals surface area (Å²) in [6.45, 7) is 2.69. The number of benzene rings is 2. The van der Waals surface area contributed by atoms with Gasteiger partial charge in [-0.3, -0.25) is 0 Å². The molecule has 1 fully saturated rings. The van der Waals surface area contributed by atoms with Crippen molar-refractivity contribution < 1.29 is 33.3 Å². The Morgan fingerprint density at radius 3 is 2.42 bits per heavy atom. The van der Waals surface area contributed by atoms with E-state index >= 15 is 0 Å². The number of carbonyl (C=O) groups excluding carboxylic acids is 1. The lowest BCUT2D eigenvalue weighted by molar-refractivity contribution is -0.149.